The number of aromatic nitrogens is 2. The molecule has 3 rings (SSSR count). The highest BCUT2D eigenvalue weighted by atomic mass is 16.6. The normalized spacial score (nSPS) is 20.6. The molecule has 1 aliphatic rings. The molecule has 7 heteroatoms. The van der Waals surface area contributed by atoms with Crippen LogP contribution in [0.1, 0.15) is 5.82 Å². The number of ether oxygens (including phenoxy) is 3. The van der Waals surface area contributed by atoms with E-state index >= 15 is 0 Å². The van der Waals surface area contributed by atoms with Crippen LogP contribution in [0, 0.1) is 6.92 Å². The van der Waals surface area contributed by atoms with Crippen molar-refractivity contribution >= 4 is 5.91 Å². The second-order valence-corrected chi connectivity index (χ2v) is 6.46. The van der Waals surface area contributed by atoms with Crippen molar-refractivity contribution in [2.45, 2.75) is 19.1 Å². The van der Waals surface area contributed by atoms with Gasteiger partial charge in [-0.1, -0.05) is 18.2 Å². The van der Waals surface area contributed by atoms with Crippen LogP contribution in [0.2, 0.25) is 0 Å². The van der Waals surface area contributed by atoms with E-state index in [1.807, 2.05) is 48.0 Å². The van der Waals surface area contributed by atoms with Gasteiger partial charge in [0.25, 0.3) is 0 Å². The Kier molecular flexibility index (Phi) is 5.90. The molecule has 1 unspecified atom stereocenters. The van der Waals surface area contributed by atoms with E-state index in [1.54, 1.807) is 18.2 Å². The van der Waals surface area contributed by atoms with Crippen LogP contribution in [0.4, 0.5) is 0 Å². The summed E-state index contributed by atoms with van der Waals surface area (Å²) < 4.78 is 19.2. The lowest BCUT2D eigenvalue weighted by molar-refractivity contribution is -0.137. The number of rotatable bonds is 6. The molecular weight excluding hydrogens is 334 g/mol. The average molecular weight is 359 g/mol. The number of hydrogen-bond donors (Lipinski definition) is 0. The molecule has 2 heterocycles. The van der Waals surface area contributed by atoms with Crippen LogP contribution < -0.4 is 4.74 Å². The van der Waals surface area contributed by atoms with Crippen LogP contribution in [0.5, 0.6) is 5.75 Å². The van der Waals surface area contributed by atoms with E-state index in [0.29, 0.717) is 32.9 Å². The Morgan fingerprint density at radius 3 is 2.85 bits per heavy atom. The molecule has 0 saturated carbocycles. The van der Waals surface area contributed by atoms with Crippen LogP contribution in [-0.4, -0.2) is 66.0 Å². The predicted molar refractivity (Wildman–Crippen MR) is 96.0 cm³/mol. The molecule has 7 nitrogen and oxygen atoms in total. The van der Waals surface area contributed by atoms with Crippen LogP contribution in [0.15, 0.2) is 42.7 Å². The second kappa shape index (κ2) is 8.33. The number of imidazole rings is 1. The van der Waals surface area contributed by atoms with Gasteiger partial charge in [-0.3, -0.25) is 4.79 Å². The molecule has 0 spiro atoms. The summed E-state index contributed by atoms with van der Waals surface area (Å²) in [5.41, 5.74) is -0.702. The van der Waals surface area contributed by atoms with Gasteiger partial charge in [0.05, 0.1) is 19.8 Å². The van der Waals surface area contributed by atoms with E-state index < -0.39 is 5.60 Å². The maximum Gasteiger partial charge on any atom is 0.242 e. The first-order valence-electron chi connectivity index (χ1n) is 8.68. The maximum absolute atomic E-state index is 12.8. The van der Waals surface area contributed by atoms with E-state index in [2.05, 4.69) is 4.98 Å². The van der Waals surface area contributed by atoms with Crippen LogP contribution in [-0.2, 0) is 20.8 Å². The van der Waals surface area contributed by atoms with Gasteiger partial charge in [0, 0.05) is 26.0 Å². The molecule has 1 atom stereocenters. The summed E-state index contributed by atoms with van der Waals surface area (Å²) in [7, 11) is 1.63. The van der Waals surface area contributed by atoms with Crippen molar-refractivity contribution in [1.82, 2.24) is 14.5 Å². The molecule has 1 aromatic heterocycles. The van der Waals surface area contributed by atoms with E-state index in [4.69, 9.17) is 14.2 Å². The highest BCUT2D eigenvalue weighted by molar-refractivity contribution is 5.76. The van der Waals surface area contributed by atoms with Gasteiger partial charge in [0.15, 0.2) is 0 Å². The molecule has 0 aliphatic carbocycles. The first-order chi connectivity index (χ1) is 12.6. The van der Waals surface area contributed by atoms with Gasteiger partial charge < -0.3 is 23.7 Å². The van der Waals surface area contributed by atoms with Crippen LogP contribution in [0.25, 0.3) is 0 Å². The van der Waals surface area contributed by atoms with Gasteiger partial charge in [0.1, 0.15) is 30.3 Å². The van der Waals surface area contributed by atoms with Crippen molar-refractivity contribution in [3.63, 3.8) is 0 Å². The molecule has 0 radical (unpaired) electrons. The SMILES string of the molecule is COC1(COc2ccccc2)COCCN(C(=O)Cn2ccnc2C)C1. The van der Waals surface area contributed by atoms with Crippen LogP contribution in [0.3, 0.4) is 0 Å². The first kappa shape index (κ1) is 18.4. The molecule has 140 valence electrons. The summed E-state index contributed by atoms with van der Waals surface area (Å²) in [5, 5.41) is 0. The van der Waals surface area contributed by atoms with Crippen molar-refractivity contribution in [3.05, 3.63) is 48.5 Å². The number of carbonyl (C=O) groups excluding carboxylic acids is 1. The number of amides is 1. The largest absolute Gasteiger partial charge is 0.490 e. The van der Waals surface area contributed by atoms with Crippen LogP contribution >= 0.6 is 0 Å². The molecule has 1 aliphatic heterocycles. The number of benzene rings is 1. The number of carbonyl (C=O) groups is 1. The lowest BCUT2D eigenvalue weighted by atomic mass is 10.1. The van der Waals surface area contributed by atoms with E-state index in [0.717, 1.165) is 11.6 Å². The molecule has 1 fully saturated rings. The summed E-state index contributed by atoms with van der Waals surface area (Å²) in [6.07, 6.45) is 3.50. The molecule has 1 saturated heterocycles. The topological polar surface area (TPSA) is 65.8 Å². The summed E-state index contributed by atoms with van der Waals surface area (Å²) in [6.45, 7) is 4.25. The monoisotopic (exact) mass is 359 g/mol. The first-order valence-corrected chi connectivity index (χ1v) is 8.68. The zero-order chi connectivity index (χ0) is 18.4. The van der Waals surface area contributed by atoms with Crippen molar-refractivity contribution in [1.29, 1.82) is 0 Å². The average Bonchev–Trinajstić information content (AvgIpc) is 2.94. The van der Waals surface area contributed by atoms with Gasteiger partial charge in [-0.2, -0.15) is 0 Å². The summed E-state index contributed by atoms with van der Waals surface area (Å²) in [6, 6.07) is 9.56. The fraction of sp³-hybridized carbons (Fsp3) is 0.474. The maximum atomic E-state index is 12.8. The molecular formula is C19H25N3O4. The number of nitrogens with zero attached hydrogens (tertiary/aromatic N) is 3. The number of methoxy groups -OCH3 is 1. The number of hydrogen-bond acceptors (Lipinski definition) is 5. The summed E-state index contributed by atoms with van der Waals surface area (Å²) in [4.78, 5) is 18.7. The summed E-state index contributed by atoms with van der Waals surface area (Å²) >= 11 is 0. The second-order valence-electron chi connectivity index (χ2n) is 6.46. The fourth-order valence-electron chi connectivity index (χ4n) is 2.94. The van der Waals surface area contributed by atoms with Gasteiger partial charge in [-0.25, -0.2) is 4.98 Å². The highest BCUT2D eigenvalue weighted by Gasteiger charge is 2.37. The van der Waals surface area contributed by atoms with Crippen molar-refractivity contribution in [3.8, 4) is 5.75 Å². The molecule has 1 amide bonds. The third-order valence-corrected chi connectivity index (χ3v) is 4.61. The van der Waals surface area contributed by atoms with Gasteiger partial charge in [-0.15, -0.1) is 0 Å². The Balaban J connectivity index is 1.67. The molecule has 2 aromatic rings. The lowest BCUT2D eigenvalue weighted by Crippen LogP contribution is -2.52. The zero-order valence-electron chi connectivity index (χ0n) is 15.3. The van der Waals surface area contributed by atoms with Gasteiger partial charge >= 0.3 is 0 Å². The Hall–Kier alpha value is -2.38. The Bertz CT molecular complexity index is 719. The number of para-hydroxylation sites is 1. The Morgan fingerprint density at radius 2 is 2.15 bits per heavy atom. The third-order valence-electron chi connectivity index (χ3n) is 4.61. The fourth-order valence-corrected chi connectivity index (χ4v) is 2.94. The Morgan fingerprint density at radius 1 is 1.35 bits per heavy atom. The smallest absolute Gasteiger partial charge is 0.242 e. The molecule has 1 aromatic carbocycles. The predicted octanol–water partition coefficient (Wildman–Crippen LogP) is 1.51. The minimum absolute atomic E-state index is 0.0118. The Labute approximate surface area is 153 Å². The highest BCUT2D eigenvalue weighted by Crippen LogP contribution is 2.20. The van der Waals surface area contributed by atoms with Crippen molar-refractivity contribution < 1.29 is 19.0 Å². The molecule has 0 N–H and O–H groups in total. The minimum atomic E-state index is -0.702. The van der Waals surface area contributed by atoms with Gasteiger partial charge in [0.2, 0.25) is 5.91 Å². The van der Waals surface area contributed by atoms with Crippen molar-refractivity contribution in [2.24, 2.45) is 0 Å². The standard InChI is InChI=1S/C19H25N3O4/c1-16-20-8-9-21(16)12-18(23)22-10-11-25-14-19(13-22,24-2)15-26-17-6-4-3-5-7-17/h3-9H,10-15H2,1-2H3. The minimum Gasteiger partial charge on any atom is -0.490 e. The molecule has 0 bridgehead atoms. The van der Waals surface area contributed by atoms with E-state index in [-0.39, 0.29) is 12.5 Å². The van der Waals surface area contributed by atoms with Crippen molar-refractivity contribution in [2.75, 3.05) is 40.0 Å². The van der Waals surface area contributed by atoms with E-state index in [1.165, 1.54) is 0 Å². The summed E-state index contributed by atoms with van der Waals surface area (Å²) in [5.74, 6) is 1.59. The number of aryl methyl sites for hydroxylation is 1. The third kappa shape index (κ3) is 4.42. The lowest BCUT2D eigenvalue weighted by Gasteiger charge is -2.34. The quantitative estimate of drug-likeness (QED) is 0.782. The van der Waals surface area contributed by atoms with E-state index in [9.17, 15) is 4.79 Å². The molecule has 26 heavy (non-hydrogen) atoms. The zero-order valence-corrected chi connectivity index (χ0v) is 15.3. The van der Waals surface area contributed by atoms with Gasteiger partial charge in [-0.05, 0) is 19.1 Å².